The highest BCUT2D eigenvalue weighted by atomic mass is 16.4. The lowest BCUT2D eigenvalue weighted by Gasteiger charge is -2.31. The summed E-state index contributed by atoms with van der Waals surface area (Å²) in [5.41, 5.74) is 0.818. The third-order valence-corrected chi connectivity index (χ3v) is 4.09. The maximum atomic E-state index is 12.3. The number of nitrogens with one attached hydrogen (secondary N) is 1. The second kappa shape index (κ2) is 6.16. The minimum Gasteiger partial charge on any atom is -0.480 e. The lowest BCUT2D eigenvalue weighted by atomic mass is 10.00. The first-order chi connectivity index (χ1) is 9.97. The number of hydrogen-bond acceptors (Lipinski definition) is 2. The van der Waals surface area contributed by atoms with Crippen molar-refractivity contribution in [2.45, 2.75) is 45.1 Å². The summed E-state index contributed by atoms with van der Waals surface area (Å²) in [6, 6.07) is 7.34. The number of rotatable bonds is 4. The van der Waals surface area contributed by atoms with Crippen LogP contribution in [0.25, 0.3) is 0 Å². The van der Waals surface area contributed by atoms with Crippen molar-refractivity contribution in [2.75, 3.05) is 11.9 Å². The number of benzene rings is 1. The minimum atomic E-state index is -1.10. The van der Waals surface area contributed by atoms with E-state index in [0.717, 1.165) is 12.8 Å². The molecule has 1 aromatic rings. The van der Waals surface area contributed by atoms with Crippen molar-refractivity contribution in [1.82, 2.24) is 4.90 Å². The van der Waals surface area contributed by atoms with Gasteiger partial charge in [-0.25, -0.2) is 9.59 Å². The summed E-state index contributed by atoms with van der Waals surface area (Å²) in [7, 11) is 0. The molecule has 0 spiro atoms. The van der Waals surface area contributed by atoms with E-state index < -0.39 is 11.5 Å². The summed E-state index contributed by atoms with van der Waals surface area (Å²) in [6.45, 7) is 4.20. The van der Waals surface area contributed by atoms with Gasteiger partial charge in [-0.2, -0.15) is 0 Å². The van der Waals surface area contributed by atoms with E-state index in [1.165, 1.54) is 10.5 Å². The number of carboxylic acid groups (broad SMARTS) is 1. The van der Waals surface area contributed by atoms with Crippen LogP contribution in [0.5, 0.6) is 0 Å². The molecule has 2 N–H and O–H groups in total. The van der Waals surface area contributed by atoms with E-state index >= 15 is 0 Å². The van der Waals surface area contributed by atoms with Crippen LogP contribution in [-0.4, -0.2) is 34.1 Å². The van der Waals surface area contributed by atoms with Gasteiger partial charge in [0.2, 0.25) is 0 Å². The quantitative estimate of drug-likeness (QED) is 0.895. The molecule has 5 nitrogen and oxygen atoms in total. The van der Waals surface area contributed by atoms with E-state index in [1.807, 2.05) is 24.3 Å². The lowest BCUT2D eigenvalue weighted by molar-refractivity contribution is -0.146. The summed E-state index contributed by atoms with van der Waals surface area (Å²) in [5.74, 6) is -0.951. The highest BCUT2D eigenvalue weighted by Crippen LogP contribution is 2.29. The number of anilines is 1. The Bertz CT molecular complexity index is 527. The number of carbonyl (C=O) groups is 2. The van der Waals surface area contributed by atoms with Crippen LogP contribution in [0.1, 0.15) is 38.7 Å². The number of carboxylic acids is 1. The van der Waals surface area contributed by atoms with Crippen molar-refractivity contribution in [3.8, 4) is 0 Å². The standard InChI is InChI=1S/C16H22N2O3/c1-3-5-12-6-8-13(9-7-12)17-15(21)18-11-4-10-16(18,2)14(19)20/h6-9H,3-5,10-11H2,1-2H3,(H,17,21)(H,19,20). The molecule has 1 saturated heterocycles. The molecule has 1 aromatic carbocycles. The normalized spacial score (nSPS) is 21.3. The Balaban J connectivity index is 2.05. The third-order valence-electron chi connectivity index (χ3n) is 4.09. The molecular weight excluding hydrogens is 268 g/mol. The van der Waals surface area contributed by atoms with E-state index in [2.05, 4.69) is 12.2 Å². The zero-order chi connectivity index (χ0) is 15.5. The Kier molecular flexibility index (Phi) is 4.50. The number of carbonyl (C=O) groups excluding carboxylic acids is 1. The summed E-state index contributed by atoms with van der Waals surface area (Å²) < 4.78 is 0. The van der Waals surface area contributed by atoms with Gasteiger partial charge in [0, 0.05) is 12.2 Å². The van der Waals surface area contributed by atoms with E-state index in [-0.39, 0.29) is 6.03 Å². The first-order valence-corrected chi connectivity index (χ1v) is 7.38. The maximum Gasteiger partial charge on any atom is 0.329 e. The minimum absolute atomic E-state index is 0.347. The number of amides is 2. The van der Waals surface area contributed by atoms with Gasteiger partial charge >= 0.3 is 12.0 Å². The Morgan fingerprint density at radius 2 is 2.00 bits per heavy atom. The monoisotopic (exact) mass is 290 g/mol. The van der Waals surface area contributed by atoms with Crippen LogP contribution in [0, 0.1) is 0 Å². The second-order valence-electron chi connectivity index (χ2n) is 5.71. The van der Waals surface area contributed by atoms with Gasteiger partial charge in [-0.05, 0) is 43.9 Å². The maximum absolute atomic E-state index is 12.3. The highest BCUT2D eigenvalue weighted by Gasteiger charge is 2.45. The van der Waals surface area contributed by atoms with Gasteiger partial charge in [0.1, 0.15) is 5.54 Å². The van der Waals surface area contributed by atoms with E-state index in [0.29, 0.717) is 25.1 Å². The fourth-order valence-corrected chi connectivity index (χ4v) is 2.75. The van der Waals surface area contributed by atoms with Crippen molar-refractivity contribution >= 4 is 17.7 Å². The third kappa shape index (κ3) is 3.17. The topological polar surface area (TPSA) is 69.6 Å². The highest BCUT2D eigenvalue weighted by molar-refractivity contribution is 5.94. The van der Waals surface area contributed by atoms with Gasteiger partial charge in [-0.15, -0.1) is 0 Å². The smallest absolute Gasteiger partial charge is 0.329 e. The Morgan fingerprint density at radius 3 is 2.57 bits per heavy atom. The predicted octanol–water partition coefficient (Wildman–Crippen LogP) is 3.11. The predicted molar refractivity (Wildman–Crippen MR) is 81.4 cm³/mol. The number of aliphatic carboxylic acids is 1. The molecule has 1 aliphatic heterocycles. The Hall–Kier alpha value is -2.04. The van der Waals surface area contributed by atoms with Crippen LogP contribution in [0.4, 0.5) is 10.5 Å². The fraction of sp³-hybridized carbons (Fsp3) is 0.500. The molecule has 1 heterocycles. The summed E-state index contributed by atoms with van der Waals surface area (Å²) in [5, 5.41) is 12.1. The molecule has 2 amide bonds. The number of hydrogen-bond donors (Lipinski definition) is 2. The fourth-order valence-electron chi connectivity index (χ4n) is 2.75. The van der Waals surface area contributed by atoms with E-state index in [1.54, 1.807) is 6.92 Å². The average Bonchev–Trinajstić information content (AvgIpc) is 2.85. The first kappa shape index (κ1) is 15.4. The van der Waals surface area contributed by atoms with Crippen molar-refractivity contribution < 1.29 is 14.7 Å². The molecule has 1 atom stereocenters. The summed E-state index contributed by atoms with van der Waals surface area (Å²) in [4.78, 5) is 25.1. The Labute approximate surface area is 125 Å². The van der Waals surface area contributed by atoms with Gasteiger partial charge in [0.15, 0.2) is 0 Å². The van der Waals surface area contributed by atoms with Gasteiger partial charge in [0.05, 0.1) is 0 Å². The molecule has 0 aromatic heterocycles. The van der Waals surface area contributed by atoms with Crippen molar-refractivity contribution in [2.24, 2.45) is 0 Å². The first-order valence-electron chi connectivity index (χ1n) is 7.38. The number of urea groups is 1. The summed E-state index contributed by atoms with van der Waals surface area (Å²) >= 11 is 0. The zero-order valence-corrected chi connectivity index (χ0v) is 12.6. The second-order valence-corrected chi connectivity index (χ2v) is 5.71. The molecule has 5 heteroatoms. The van der Waals surface area contributed by atoms with Crippen LogP contribution in [0.15, 0.2) is 24.3 Å². The molecule has 21 heavy (non-hydrogen) atoms. The van der Waals surface area contributed by atoms with Crippen LogP contribution < -0.4 is 5.32 Å². The van der Waals surface area contributed by atoms with Crippen molar-refractivity contribution in [3.63, 3.8) is 0 Å². The molecule has 0 saturated carbocycles. The van der Waals surface area contributed by atoms with E-state index in [4.69, 9.17) is 0 Å². The van der Waals surface area contributed by atoms with Crippen LogP contribution in [0.2, 0.25) is 0 Å². The SMILES string of the molecule is CCCc1ccc(NC(=O)N2CCCC2(C)C(=O)O)cc1. The van der Waals surface area contributed by atoms with Crippen LogP contribution in [-0.2, 0) is 11.2 Å². The largest absolute Gasteiger partial charge is 0.480 e. The number of nitrogens with zero attached hydrogens (tertiary/aromatic N) is 1. The number of aryl methyl sites for hydroxylation is 1. The molecular formula is C16H22N2O3. The van der Waals surface area contributed by atoms with Gasteiger partial charge < -0.3 is 15.3 Å². The van der Waals surface area contributed by atoms with Gasteiger partial charge in [-0.3, -0.25) is 0 Å². The molecule has 0 bridgehead atoms. The molecule has 2 rings (SSSR count). The Morgan fingerprint density at radius 1 is 1.33 bits per heavy atom. The van der Waals surface area contributed by atoms with Crippen molar-refractivity contribution in [3.05, 3.63) is 29.8 Å². The molecule has 0 radical (unpaired) electrons. The van der Waals surface area contributed by atoms with Crippen LogP contribution >= 0.6 is 0 Å². The molecule has 1 aliphatic rings. The van der Waals surface area contributed by atoms with Crippen LogP contribution in [0.3, 0.4) is 0 Å². The molecule has 0 aliphatic carbocycles. The zero-order valence-electron chi connectivity index (χ0n) is 12.6. The average molecular weight is 290 g/mol. The van der Waals surface area contributed by atoms with Crippen molar-refractivity contribution in [1.29, 1.82) is 0 Å². The van der Waals surface area contributed by atoms with Gasteiger partial charge in [-0.1, -0.05) is 25.5 Å². The summed E-state index contributed by atoms with van der Waals surface area (Å²) in [6.07, 6.45) is 3.30. The number of likely N-dealkylation sites (tertiary alicyclic amines) is 1. The van der Waals surface area contributed by atoms with E-state index in [9.17, 15) is 14.7 Å². The molecule has 1 fully saturated rings. The van der Waals surface area contributed by atoms with Gasteiger partial charge in [0.25, 0.3) is 0 Å². The molecule has 114 valence electrons. The molecule has 1 unspecified atom stereocenters. The lowest BCUT2D eigenvalue weighted by Crippen LogP contribution is -2.52.